The zero-order chi connectivity index (χ0) is 12.6. The van der Waals surface area contributed by atoms with Crippen LogP contribution in [0.4, 0.5) is 0 Å². The molecule has 0 rings (SSSR count). The molecule has 0 atom stereocenters. The molecular formula is C8H19N3O4S. The third kappa shape index (κ3) is 6.72. The molecule has 0 heterocycles. The molecule has 0 saturated carbocycles. The Balaban J connectivity index is 3.70. The van der Waals surface area contributed by atoms with E-state index in [2.05, 4.69) is 5.32 Å². The van der Waals surface area contributed by atoms with Crippen LogP contribution < -0.4 is 11.1 Å². The highest BCUT2D eigenvalue weighted by Gasteiger charge is 2.13. The predicted molar refractivity (Wildman–Crippen MR) is 60.4 cm³/mol. The first-order valence-corrected chi connectivity index (χ1v) is 6.46. The second kappa shape index (κ2) is 7.55. The first-order valence-electron chi connectivity index (χ1n) is 4.85. The second-order valence-electron chi connectivity index (χ2n) is 3.29. The van der Waals surface area contributed by atoms with Crippen LogP contribution in [0.15, 0.2) is 0 Å². The van der Waals surface area contributed by atoms with Gasteiger partial charge in [0.1, 0.15) is 6.61 Å². The Morgan fingerprint density at radius 2 is 2.06 bits per heavy atom. The van der Waals surface area contributed by atoms with Crippen molar-refractivity contribution in [3.63, 3.8) is 0 Å². The van der Waals surface area contributed by atoms with E-state index in [4.69, 9.17) is 10.5 Å². The summed E-state index contributed by atoms with van der Waals surface area (Å²) < 4.78 is 28.6. The molecule has 1 amide bonds. The molecule has 0 aromatic heterocycles. The first-order chi connectivity index (χ1) is 7.40. The number of nitrogens with one attached hydrogen (secondary N) is 1. The minimum absolute atomic E-state index is 0.0747. The summed E-state index contributed by atoms with van der Waals surface area (Å²) in [6.07, 6.45) is 0. The van der Waals surface area contributed by atoms with E-state index in [1.54, 1.807) is 0 Å². The average Bonchev–Trinajstić information content (AvgIpc) is 2.17. The van der Waals surface area contributed by atoms with E-state index in [9.17, 15) is 13.2 Å². The molecule has 0 aromatic rings. The Morgan fingerprint density at radius 1 is 1.44 bits per heavy atom. The quantitative estimate of drug-likeness (QED) is 0.486. The van der Waals surface area contributed by atoms with Gasteiger partial charge in [0.05, 0.1) is 12.4 Å². The van der Waals surface area contributed by atoms with Gasteiger partial charge in [-0.1, -0.05) is 0 Å². The molecule has 0 spiro atoms. The highest BCUT2D eigenvalue weighted by atomic mass is 32.2. The maximum Gasteiger partial charge on any atom is 0.246 e. The first kappa shape index (κ1) is 15.3. The van der Waals surface area contributed by atoms with E-state index < -0.39 is 10.0 Å². The summed E-state index contributed by atoms with van der Waals surface area (Å²) in [5.74, 6) is -0.467. The van der Waals surface area contributed by atoms with Crippen LogP contribution in [-0.2, 0) is 19.6 Å². The van der Waals surface area contributed by atoms with Gasteiger partial charge in [-0.15, -0.1) is 0 Å². The summed E-state index contributed by atoms with van der Waals surface area (Å²) in [4.78, 5) is 11.1. The van der Waals surface area contributed by atoms with Crippen molar-refractivity contribution in [1.29, 1.82) is 0 Å². The molecule has 96 valence electrons. The third-order valence-corrected chi connectivity index (χ3v) is 3.57. The lowest BCUT2D eigenvalue weighted by molar-refractivity contribution is -0.125. The smallest absolute Gasteiger partial charge is 0.246 e. The Kier molecular flexibility index (Phi) is 7.22. The van der Waals surface area contributed by atoms with Gasteiger partial charge in [0.25, 0.3) is 0 Å². The molecular weight excluding hydrogens is 234 g/mol. The number of nitrogens with two attached hydrogens (primary N) is 1. The van der Waals surface area contributed by atoms with Crippen LogP contribution in [0.1, 0.15) is 0 Å². The molecule has 7 nitrogen and oxygen atoms in total. The lowest BCUT2D eigenvalue weighted by Crippen LogP contribution is -2.35. The monoisotopic (exact) mass is 253 g/mol. The van der Waals surface area contributed by atoms with Crippen LogP contribution in [0.25, 0.3) is 0 Å². The van der Waals surface area contributed by atoms with Crippen molar-refractivity contribution in [1.82, 2.24) is 9.62 Å². The minimum atomic E-state index is -3.26. The molecule has 0 aliphatic carbocycles. The normalized spacial score (nSPS) is 11.8. The Bertz CT molecular complexity index is 302. The summed E-state index contributed by atoms with van der Waals surface area (Å²) in [6.45, 7) is 0.635. The topological polar surface area (TPSA) is 102 Å². The lowest BCUT2D eigenvalue weighted by atomic mass is 10.6. The van der Waals surface area contributed by atoms with Crippen LogP contribution in [0.3, 0.4) is 0 Å². The van der Waals surface area contributed by atoms with E-state index in [1.165, 1.54) is 14.1 Å². The van der Waals surface area contributed by atoms with Crippen molar-refractivity contribution >= 4 is 15.9 Å². The Labute approximate surface area is 96.0 Å². The van der Waals surface area contributed by atoms with Crippen LogP contribution in [0, 0.1) is 0 Å². The van der Waals surface area contributed by atoms with Crippen molar-refractivity contribution in [2.45, 2.75) is 0 Å². The number of sulfonamides is 1. The molecule has 0 bridgehead atoms. The highest BCUT2D eigenvalue weighted by molar-refractivity contribution is 7.89. The van der Waals surface area contributed by atoms with E-state index in [0.29, 0.717) is 13.2 Å². The molecule has 3 N–H and O–H groups in total. The molecule has 0 saturated heterocycles. The Morgan fingerprint density at radius 3 is 2.56 bits per heavy atom. The van der Waals surface area contributed by atoms with Gasteiger partial charge >= 0.3 is 0 Å². The number of amides is 1. The van der Waals surface area contributed by atoms with Gasteiger partial charge in [-0.05, 0) is 0 Å². The summed E-state index contributed by atoms with van der Waals surface area (Å²) in [6, 6.07) is 0. The van der Waals surface area contributed by atoms with E-state index in [0.717, 1.165) is 4.31 Å². The van der Waals surface area contributed by atoms with Gasteiger partial charge < -0.3 is 15.8 Å². The molecule has 0 aliphatic rings. The summed E-state index contributed by atoms with van der Waals surface area (Å²) in [7, 11) is -0.369. The molecule has 0 aliphatic heterocycles. The molecule has 16 heavy (non-hydrogen) atoms. The van der Waals surface area contributed by atoms with Crippen LogP contribution >= 0.6 is 0 Å². The predicted octanol–water partition coefficient (Wildman–Crippen LogP) is -2.03. The fourth-order valence-electron chi connectivity index (χ4n) is 0.801. The minimum Gasteiger partial charge on any atom is -0.370 e. The van der Waals surface area contributed by atoms with Crippen molar-refractivity contribution in [3.8, 4) is 0 Å². The van der Waals surface area contributed by atoms with Crippen molar-refractivity contribution < 1.29 is 17.9 Å². The van der Waals surface area contributed by atoms with E-state index >= 15 is 0 Å². The maximum absolute atomic E-state index is 11.3. The summed E-state index contributed by atoms with van der Waals surface area (Å²) >= 11 is 0. The average molecular weight is 253 g/mol. The number of carbonyl (C=O) groups excluding carboxylic acids is 1. The number of nitrogens with zero attached hydrogens (tertiary/aromatic N) is 1. The SMILES string of the molecule is CN(C)S(=O)(=O)CCNC(=O)COCCN. The number of carbonyl (C=O) groups is 1. The van der Waals surface area contributed by atoms with Gasteiger partial charge in [0.15, 0.2) is 0 Å². The zero-order valence-corrected chi connectivity index (χ0v) is 10.4. The number of hydrogen-bond acceptors (Lipinski definition) is 5. The van der Waals surface area contributed by atoms with Crippen LogP contribution in [0.5, 0.6) is 0 Å². The summed E-state index contributed by atoms with van der Waals surface area (Å²) in [5, 5.41) is 2.44. The molecule has 0 aromatic carbocycles. The number of rotatable bonds is 8. The fourth-order valence-corrected chi connectivity index (χ4v) is 1.53. The molecule has 0 fully saturated rings. The molecule has 0 unspecified atom stereocenters. The fraction of sp³-hybridized carbons (Fsp3) is 0.875. The van der Waals surface area contributed by atoms with Crippen molar-refractivity contribution in [2.75, 3.05) is 46.2 Å². The van der Waals surface area contributed by atoms with Gasteiger partial charge in [0, 0.05) is 27.2 Å². The lowest BCUT2D eigenvalue weighted by Gasteiger charge is -2.11. The van der Waals surface area contributed by atoms with Crippen molar-refractivity contribution in [3.05, 3.63) is 0 Å². The second-order valence-corrected chi connectivity index (χ2v) is 5.59. The summed E-state index contributed by atoms with van der Waals surface area (Å²) in [5.41, 5.74) is 5.16. The Hall–Kier alpha value is -0.700. The van der Waals surface area contributed by atoms with E-state index in [-0.39, 0.29) is 24.8 Å². The molecule has 8 heteroatoms. The molecule has 0 radical (unpaired) electrons. The van der Waals surface area contributed by atoms with Crippen molar-refractivity contribution in [2.24, 2.45) is 5.73 Å². The van der Waals surface area contributed by atoms with Gasteiger partial charge in [-0.3, -0.25) is 4.79 Å². The highest BCUT2D eigenvalue weighted by Crippen LogP contribution is 1.91. The maximum atomic E-state index is 11.3. The van der Waals surface area contributed by atoms with Gasteiger partial charge in [-0.25, -0.2) is 12.7 Å². The third-order valence-electron chi connectivity index (χ3n) is 1.73. The van der Waals surface area contributed by atoms with Gasteiger partial charge in [0.2, 0.25) is 15.9 Å². The standard InChI is InChI=1S/C8H19N3O4S/c1-11(2)16(13,14)6-4-10-8(12)7-15-5-3-9/h3-7,9H2,1-2H3,(H,10,12). The van der Waals surface area contributed by atoms with Gasteiger partial charge in [-0.2, -0.15) is 0 Å². The largest absolute Gasteiger partial charge is 0.370 e. The van der Waals surface area contributed by atoms with Crippen LogP contribution in [0.2, 0.25) is 0 Å². The number of hydrogen-bond donors (Lipinski definition) is 2. The zero-order valence-electron chi connectivity index (χ0n) is 9.60. The van der Waals surface area contributed by atoms with Crippen LogP contribution in [-0.4, -0.2) is 64.8 Å². The van der Waals surface area contributed by atoms with E-state index in [1.807, 2.05) is 0 Å². The number of ether oxygens (including phenoxy) is 1.